The lowest BCUT2D eigenvalue weighted by molar-refractivity contribution is 0.0696. The maximum absolute atomic E-state index is 12.3. The van der Waals surface area contributed by atoms with Gasteiger partial charge >= 0.3 is 5.97 Å². The first-order valence-corrected chi connectivity index (χ1v) is 8.42. The van der Waals surface area contributed by atoms with Crippen molar-refractivity contribution >= 4 is 43.5 Å². The van der Waals surface area contributed by atoms with Gasteiger partial charge in [0.25, 0.3) is 0 Å². The van der Waals surface area contributed by atoms with E-state index in [1.54, 1.807) is 13.8 Å². The zero-order chi connectivity index (χ0) is 15.7. The number of nitrogens with one attached hydrogen (secondary N) is 1. The Kier molecular flexibility index (Phi) is 5.23. The van der Waals surface area contributed by atoms with Gasteiger partial charge < -0.3 is 5.11 Å². The molecule has 0 bridgehead atoms. The molecule has 0 radical (unpaired) electrons. The SMILES string of the molecule is CCC(C)(C)NS(=O)(=O)c1cc(Br)c(Cl)c(C(=O)O)c1. The Hall–Kier alpha value is -0.630. The quantitative estimate of drug-likeness (QED) is 0.816. The lowest BCUT2D eigenvalue weighted by atomic mass is 10.0. The summed E-state index contributed by atoms with van der Waals surface area (Å²) < 4.78 is 27.3. The monoisotopic (exact) mass is 383 g/mol. The molecule has 0 aliphatic carbocycles. The molecular weight excluding hydrogens is 370 g/mol. The molecule has 8 heteroatoms. The molecule has 0 spiro atoms. The third-order valence-electron chi connectivity index (χ3n) is 2.84. The van der Waals surface area contributed by atoms with Gasteiger partial charge in [0.1, 0.15) is 0 Å². The first-order chi connectivity index (χ1) is 9.00. The Morgan fingerprint density at radius 1 is 1.45 bits per heavy atom. The van der Waals surface area contributed by atoms with E-state index in [0.29, 0.717) is 6.42 Å². The molecule has 0 aliphatic heterocycles. The highest BCUT2D eigenvalue weighted by atomic mass is 79.9. The highest BCUT2D eigenvalue weighted by Gasteiger charge is 2.26. The third-order valence-corrected chi connectivity index (χ3v) is 5.78. The number of carbonyl (C=O) groups is 1. The van der Waals surface area contributed by atoms with Crippen LogP contribution in [0.3, 0.4) is 0 Å². The van der Waals surface area contributed by atoms with E-state index in [1.165, 1.54) is 6.07 Å². The number of carboxylic acids is 1. The van der Waals surface area contributed by atoms with E-state index < -0.39 is 21.5 Å². The van der Waals surface area contributed by atoms with E-state index in [2.05, 4.69) is 20.7 Å². The molecule has 0 atom stereocenters. The average Bonchev–Trinajstić information content (AvgIpc) is 2.30. The van der Waals surface area contributed by atoms with Gasteiger partial charge in [0.2, 0.25) is 10.0 Å². The van der Waals surface area contributed by atoms with Crippen LogP contribution in [-0.2, 0) is 10.0 Å². The number of sulfonamides is 1. The molecule has 0 saturated carbocycles. The number of halogens is 2. The summed E-state index contributed by atoms with van der Waals surface area (Å²) in [5, 5.41) is 9.00. The van der Waals surface area contributed by atoms with Gasteiger partial charge in [-0.15, -0.1) is 0 Å². The van der Waals surface area contributed by atoms with E-state index in [1.807, 2.05) is 6.92 Å². The zero-order valence-corrected chi connectivity index (χ0v) is 14.4. The van der Waals surface area contributed by atoms with E-state index >= 15 is 0 Å². The predicted molar refractivity (Wildman–Crippen MR) is 80.8 cm³/mol. The van der Waals surface area contributed by atoms with Gasteiger partial charge in [-0.2, -0.15) is 0 Å². The molecular formula is C12H15BrClNO4S. The van der Waals surface area contributed by atoms with Crippen molar-refractivity contribution in [2.45, 2.75) is 37.6 Å². The topological polar surface area (TPSA) is 83.5 Å². The van der Waals surface area contributed by atoms with Gasteiger partial charge in [0.05, 0.1) is 15.5 Å². The molecule has 1 aromatic rings. The van der Waals surface area contributed by atoms with Crippen molar-refractivity contribution in [2.24, 2.45) is 0 Å². The van der Waals surface area contributed by atoms with Crippen LogP contribution in [0.1, 0.15) is 37.6 Å². The molecule has 0 amide bonds. The Morgan fingerprint density at radius 3 is 2.45 bits per heavy atom. The zero-order valence-electron chi connectivity index (χ0n) is 11.2. The van der Waals surface area contributed by atoms with Crippen LogP contribution in [-0.4, -0.2) is 25.0 Å². The summed E-state index contributed by atoms with van der Waals surface area (Å²) in [7, 11) is -3.83. The van der Waals surface area contributed by atoms with Crippen molar-refractivity contribution in [3.63, 3.8) is 0 Å². The fourth-order valence-corrected chi connectivity index (χ4v) is 3.71. The number of aromatic carboxylic acids is 1. The largest absolute Gasteiger partial charge is 0.478 e. The summed E-state index contributed by atoms with van der Waals surface area (Å²) in [4.78, 5) is 10.9. The van der Waals surface area contributed by atoms with Crippen molar-refractivity contribution in [2.75, 3.05) is 0 Å². The molecule has 0 fully saturated rings. The van der Waals surface area contributed by atoms with Gasteiger partial charge in [-0.25, -0.2) is 17.9 Å². The van der Waals surface area contributed by atoms with Crippen LogP contribution in [0.5, 0.6) is 0 Å². The van der Waals surface area contributed by atoms with Crippen LogP contribution in [0.15, 0.2) is 21.5 Å². The standard InChI is InChI=1S/C12H15BrClNO4S/c1-4-12(2,3)15-20(18,19)7-5-8(11(16)17)10(14)9(13)6-7/h5-6,15H,4H2,1-3H3,(H,16,17). The van der Waals surface area contributed by atoms with Gasteiger partial charge in [-0.1, -0.05) is 18.5 Å². The minimum Gasteiger partial charge on any atom is -0.478 e. The summed E-state index contributed by atoms with van der Waals surface area (Å²) in [6.45, 7) is 5.34. The van der Waals surface area contributed by atoms with Crippen LogP contribution in [0.2, 0.25) is 5.02 Å². The molecule has 20 heavy (non-hydrogen) atoms. The molecule has 0 saturated heterocycles. The van der Waals surface area contributed by atoms with E-state index in [9.17, 15) is 13.2 Å². The fourth-order valence-electron chi connectivity index (χ4n) is 1.37. The maximum Gasteiger partial charge on any atom is 0.337 e. The van der Waals surface area contributed by atoms with E-state index in [-0.39, 0.29) is 20.0 Å². The van der Waals surface area contributed by atoms with Crippen molar-refractivity contribution in [3.05, 3.63) is 27.2 Å². The van der Waals surface area contributed by atoms with Crippen LogP contribution in [0, 0.1) is 0 Å². The molecule has 1 aromatic carbocycles. The van der Waals surface area contributed by atoms with Crippen molar-refractivity contribution in [1.82, 2.24) is 4.72 Å². The second kappa shape index (κ2) is 6.01. The normalized spacial score (nSPS) is 12.4. The Labute approximate surface area is 131 Å². The molecule has 0 aliphatic rings. The molecule has 112 valence electrons. The van der Waals surface area contributed by atoms with Gasteiger partial charge in [0.15, 0.2) is 0 Å². The number of hydrogen-bond acceptors (Lipinski definition) is 3. The average molecular weight is 385 g/mol. The highest BCUT2D eigenvalue weighted by Crippen LogP contribution is 2.30. The maximum atomic E-state index is 12.3. The summed E-state index contributed by atoms with van der Waals surface area (Å²) >= 11 is 8.89. The molecule has 0 heterocycles. The molecule has 1 rings (SSSR count). The Bertz CT molecular complexity index is 643. The Morgan fingerprint density at radius 2 is 2.00 bits per heavy atom. The molecule has 0 aromatic heterocycles. The molecule has 5 nitrogen and oxygen atoms in total. The van der Waals surface area contributed by atoms with E-state index in [4.69, 9.17) is 16.7 Å². The second-order valence-corrected chi connectivity index (χ2v) is 7.83. The fraction of sp³-hybridized carbons (Fsp3) is 0.417. The highest BCUT2D eigenvalue weighted by molar-refractivity contribution is 9.10. The van der Waals surface area contributed by atoms with Crippen LogP contribution >= 0.6 is 27.5 Å². The predicted octanol–water partition coefficient (Wildman–Crippen LogP) is 3.27. The van der Waals surface area contributed by atoms with Crippen molar-refractivity contribution in [3.8, 4) is 0 Å². The lowest BCUT2D eigenvalue weighted by Crippen LogP contribution is -2.42. The number of rotatable bonds is 5. The Balaban J connectivity index is 3.37. The van der Waals surface area contributed by atoms with Crippen molar-refractivity contribution < 1.29 is 18.3 Å². The lowest BCUT2D eigenvalue weighted by Gasteiger charge is -2.24. The van der Waals surface area contributed by atoms with Gasteiger partial charge in [-0.05, 0) is 48.3 Å². The molecule has 0 unspecified atom stereocenters. The first-order valence-electron chi connectivity index (χ1n) is 5.76. The van der Waals surface area contributed by atoms with Gasteiger partial charge in [-0.3, -0.25) is 0 Å². The third kappa shape index (κ3) is 3.94. The van der Waals surface area contributed by atoms with Gasteiger partial charge in [0, 0.05) is 10.0 Å². The summed E-state index contributed by atoms with van der Waals surface area (Å²) in [6.07, 6.45) is 0.590. The summed E-state index contributed by atoms with van der Waals surface area (Å²) in [6, 6.07) is 2.33. The smallest absolute Gasteiger partial charge is 0.337 e. The van der Waals surface area contributed by atoms with Crippen molar-refractivity contribution in [1.29, 1.82) is 0 Å². The summed E-state index contributed by atoms with van der Waals surface area (Å²) in [5.41, 5.74) is -0.898. The summed E-state index contributed by atoms with van der Waals surface area (Å²) in [5.74, 6) is -1.29. The first kappa shape index (κ1) is 17.4. The van der Waals surface area contributed by atoms with E-state index in [0.717, 1.165) is 6.07 Å². The number of carboxylic acid groups (broad SMARTS) is 1. The minimum atomic E-state index is -3.83. The molecule has 2 N–H and O–H groups in total. The van der Waals surface area contributed by atoms with Crippen LogP contribution in [0.25, 0.3) is 0 Å². The number of benzene rings is 1. The second-order valence-electron chi connectivity index (χ2n) is 4.91. The number of hydrogen-bond donors (Lipinski definition) is 2. The minimum absolute atomic E-state index is 0.0359. The van der Waals surface area contributed by atoms with Crippen LogP contribution < -0.4 is 4.72 Å². The van der Waals surface area contributed by atoms with Crippen LogP contribution in [0.4, 0.5) is 0 Å².